The highest BCUT2D eigenvalue weighted by Gasteiger charge is 2.18. The third kappa shape index (κ3) is 4.16. The van der Waals surface area contributed by atoms with Crippen molar-refractivity contribution in [1.29, 1.82) is 0 Å². The van der Waals surface area contributed by atoms with Crippen LogP contribution in [0.2, 0.25) is 0 Å². The number of rotatable bonds is 6. The first-order valence-electron chi connectivity index (χ1n) is 8.95. The maximum atomic E-state index is 12.0. The maximum absolute atomic E-state index is 12.0. The van der Waals surface area contributed by atoms with Gasteiger partial charge in [-0.2, -0.15) is 5.10 Å². The number of hydrogen-bond acceptors (Lipinski definition) is 7. The van der Waals surface area contributed by atoms with Gasteiger partial charge in [0.05, 0.1) is 0 Å². The van der Waals surface area contributed by atoms with Gasteiger partial charge in [-0.3, -0.25) is 14.3 Å². The van der Waals surface area contributed by atoms with E-state index in [0.29, 0.717) is 12.2 Å². The first kappa shape index (κ1) is 18.2. The average Bonchev–Trinajstić information content (AvgIpc) is 2.68. The van der Waals surface area contributed by atoms with Gasteiger partial charge in [-0.15, -0.1) is 0 Å². The Morgan fingerprint density at radius 1 is 1.00 bits per heavy atom. The fraction of sp³-hybridized carbons (Fsp3) is 0.588. The molecule has 0 aliphatic carbocycles. The van der Waals surface area contributed by atoms with Gasteiger partial charge in [0, 0.05) is 52.2 Å². The molecule has 2 aromatic rings. The smallest absolute Gasteiger partial charge is 0.338 e. The molecule has 0 atom stereocenters. The minimum atomic E-state index is -0.350. The lowest BCUT2D eigenvalue weighted by atomic mass is 10.2. The van der Waals surface area contributed by atoms with Crippen LogP contribution in [0.1, 0.15) is 18.5 Å². The molecule has 9 heteroatoms. The molecular weight excluding hydrogens is 334 g/mol. The van der Waals surface area contributed by atoms with Crippen molar-refractivity contribution in [3.05, 3.63) is 45.0 Å². The van der Waals surface area contributed by atoms with Crippen molar-refractivity contribution in [2.24, 2.45) is 7.05 Å². The second kappa shape index (κ2) is 8.22. The highest BCUT2D eigenvalue weighted by Crippen LogP contribution is 2.10. The van der Waals surface area contributed by atoms with Crippen LogP contribution in [0.15, 0.2) is 28.0 Å². The second-order valence-corrected chi connectivity index (χ2v) is 6.54. The molecule has 1 saturated heterocycles. The van der Waals surface area contributed by atoms with Crippen LogP contribution in [0, 0.1) is 6.92 Å². The predicted molar refractivity (Wildman–Crippen MR) is 98.4 cm³/mol. The Hall–Kier alpha value is -2.55. The van der Waals surface area contributed by atoms with E-state index in [1.165, 1.54) is 11.7 Å². The zero-order valence-corrected chi connectivity index (χ0v) is 15.3. The molecule has 2 aromatic heterocycles. The number of aromatic nitrogens is 5. The lowest BCUT2D eigenvalue weighted by molar-refractivity contribution is 0.249. The largest absolute Gasteiger partial charge is 0.347 e. The zero-order chi connectivity index (χ0) is 18.5. The zero-order valence-electron chi connectivity index (χ0n) is 15.3. The van der Waals surface area contributed by atoms with Crippen molar-refractivity contribution in [2.75, 3.05) is 37.6 Å². The fourth-order valence-corrected chi connectivity index (χ4v) is 3.14. The Bertz CT molecular complexity index is 838. The minimum absolute atomic E-state index is 0.327. The summed E-state index contributed by atoms with van der Waals surface area (Å²) < 4.78 is 2.51. The van der Waals surface area contributed by atoms with Crippen LogP contribution in [0.4, 0.5) is 5.95 Å². The van der Waals surface area contributed by atoms with E-state index in [2.05, 4.69) is 24.9 Å². The Labute approximate surface area is 151 Å². The fourth-order valence-electron chi connectivity index (χ4n) is 3.14. The molecule has 1 fully saturated rings. The van der Waals surface area contributed by atoms with Crippen LogP contribution >= 0.6 is 0 Å². The molecule has 3 heterocycles. The number of aryl methyl sites for hydroxylation is 2. The van der Waals surface area contributed by atoms with Gasteiger partial charge in [0.15, 0.2) is 0 Å². The molecule has 26 heavy (non-hydrogen) atoms. The lowest BCUT2D eigenvalue weighted by Gasteiger charge is -2.34. The Morgan fingerprint density at radius 2 is 1.65 bits per heavy atom. The summed E-state index contributed by atoms with van der Waals surface area (Å²) in [6, 6.07) is 1.83. The van der Waals surface area contributed by atoms with Crippen molar-refractivity contribution < 1.29 is 0 Å². The van der Waals surface area contributed by atoms with Crippen LogP contribution in [0.3, 0.4) is 0 Å². The number of piperazine rings is 1. The molecule has 0 saturated carbocycles. The Balaban J connectivity index is 1.43. The van der Waals surface area contributed by atoms with Gasteiger partial charge in [0.25, 0.3) is 5.56 Å². The van der Waals surface area contributed by atoms with Gasteiger partial charge in [-0.25, -0.2) is 19.4 Å². The molecular formula is C17H25N7O2. The highest BCUT2D eigenvalue weighted by molar-refractivity contribution is 5.29. The van der Waals surface area contributed by atoms with Crippen molar-refractivity contribution in [2.45, 2.75) is 26.3 Å². The first-order chi connectivity index (χ1) is 12.6. The van der Waals surface area contributed by atoms with Crippen LogP contribution in [-0.4, -0.2) is 61.9 Å². The molecule has 0 N–H and O–H groups in total. The summed E-state index contributed by atoms with van der Waals surface area (Å²) >= 11 is 0. The number of unbranched alkanes of at least 4 members (excludes halogenated alkanes) is 1. The first-order valence-corrected chi connectivity index (χ1v) is 8.95. The van der Waals surface area contributed by atoms with Gasteiger partial charge in [-0.1, -0.05) is 0 Å². The Kier molecular flexibility index (Phi) is 5.77. The molecule has 0 aromatic carbocycles. The summed E-state index contributed by atoms with van der Waals surface area (Å²) in [5.74, 6) is 0.794. The van der Waals surface area contributed by atoms with Crippen LogP contribution in [0.5, 0.6) is 0 Å². The predicted octanol–water partition coefficient (Wildman–Crippen LogP) is -0.357. The monoisotopic (exact) mass is 359 g/mol. The number of hydrogen-bond donors (Lipinski definition) is 0. The minimum Gasteiger partial charge on any atom is -0.338 e. The molecule has 140 valence electrons. The van der Waals surface area contributed by atoms with Gasteiger partial charge >= 0.3 is 5.69 Å². The molecule has 1 aliphatic heterocycles. The van der Waals surface area contributed by atoms with E-state index in [9.17, 15) is 9.59 Å². The highest BCUT2D eigenvalue weighted by atomic mass is 16.2. The van der Waals surface area contributed by atoms with Crippen molar-refractivity contribution in [3.8, 4) is 0 Å². The molecule has 9 nitrogen and oxygen atoms in total. The molecule has 0 spiro atoms. The second-order valence-electron chi connectivity index (χ2n) is 6.54. The van der Waals surface area contributed by atoms with E-state index in [-0.39, 0.29) is 11.2 Å². The van der Waals surface area contributed by atoms with E-state index >= 15 is 0 Å². The van der Waals surface area contributed by atoms with Gasteiger partial charge in [-0.05, 0) is 32.4 Å². The third-order valence-electron chi connectivity index (χ3n) is 4.69. The third-order valence-corrected chi connectivity index (χ3v) is 4.69. The molecule has 0 bridgehead atoms. The number of anilines is 1. The summed E-state index contributed by atoms with van der Waals surface area (Å²) in [5.41, 5.74) is -0.324. The summed E-state index contributed by atoms with van der Waals surface area (Å²) in [7, 11) is 1.49. The molecule has 0 unspecified atom stereocenters. The van der Waals surface area contributed by atoms with Crippen molar-refractivity contribution in [3.63, 3.8) is 0 Å². The quantitative estimate of drug-likeness (QED) is 0.651. The van der Waals surface area contributed by atoms with Gasteiger partial charge in [0.2, 0.25) is 5.95 Å². The Morgan fingerprint density at radius 3 is 2.35 bits per heavy atom. The van der Waals surface area contributed by atoms with E-state index in [1.54, 1.807) is 19.3 Å². The van der Waals surface area contributed by atoms with Crippen molar-refractivity contribution >= 4 is 5.95 Å². The van der Waals surface area contributed by atoms with Gasteiger partial charge in [0.1, 0.15) is 5.69 Å². The lowest BCUT2D eigenvalue weighted by Crippen LogP contribution is -2.47. The standard InChI is InChI=1S/C17H25N7O2/c1-14-15(25)21(2)17(26)24(20-14)9-4-3-8-22-10-12-23(13-11-22)16-18-6-5-7-19-16/h5-7H,3-4,8-13H2,1-2H3. The van der Waals surface area contributed by atoms with E-state index in [1.807, 2.05) is 6.07 Å². The van der Waals surface area contributed by atoms with Crippen LogP contribution in [0.25, 0.3) is 0 Å². The molecule has 1 aliphatic rings. The summed E-state index contributed by atoms with van der Waals surface area (Å²) in [4.78, 5) is 36.9. The van der Waals surface area contributed by atoms with E-state index in [0.717, 1.165) is 56.1 Å². The maximum Gasteiger partial charge on any atom is 0.347 e. The van der Waals surface area contributed by atoms with E-state index in [4.69, 9.17) is 0 Å². The topological polar surface area (TPSA) is 89.2 Å². The average molecular weight is 359 g/mol. The molecule has 0 amide bonds. The summed E-state index contributed by atoms with van der Waals surface area (Å²) in [6.45, 7) is 6.96. The molecule has 0 radical (unpaired) electrons. The van der Waals surface area contributed by atoms with Crippen molar-refractivity contribution in [1.82, 2.24) is 29.2 Å². The number of nitrogens with zero attached hydrogens (tertiary/aromatic N) is 7. The van der Waals surface area contributed by atoms with Crippen LogP contribution in [-0.2, 0) is 13.6 Å². The van der Waals surface area contributed by atoms with E-state index < -0.39 is 0 Å². The SMILES string of the molecule is Cc1nn(CCCCN2CCN(c3ncccn3)CC2)c(=O)n(C)c1=O. The summed E-state index contributed by atoms with van der Waals surface area (Å²) in [6.07, 6.45) is 5.38. The van der Waals surface area contributed by atoms with Gasteiger partial charge < -0.3 is 4.90 Å². The molecule has 3 rings (SSSR count). The normalized spacial score (nSPS) is 15.4. The summed E-state index contributed by atoms with van der Waals surface area (Å²) in [5, 5.41) is 4.10. The van der Waals surface area contributed by atoms with Crippen LogP contribution < -0.4 is 16.1 Å².